The summed E-state index contributed by atoms with van der Waals surface area (Å²) in [4.78, 5) is 11.6. The molecule has 3 rings (SSSR count). The summed E-state index contributed by atoms with van der Waals surface area (Å²) in [6, 6.07) is 6.60. The third-order valence-corrected chi connectivity index (χ3v) is 5.83. The lowest BCUT2D eigenvalue weighted by Gasteiger charge is -2.30. The van der Waals surface area contributed by atoms with Crippen LogP contribution in [0, 0.1) is 12.3 Å². The van der Waals surface area contributed by atoms with Crippen LogP contribution >= 0.6 is 0 Å². The number of hydrogen-bond donors (Lipinski definition) is 0. The van der Waals surface area contributed by atoms with Gasteiger partial charge in [-0.2, -0.15) is 8.42 Å². The summed E-state index contributed by atoms with van der Waals surface area (Å²) in [5.74, 6) is -0.0467. The highest BCUT2D eigenvalue weighted by atomic mass is 32.2. The van der Waals surface area contributed by atoms with E-state index in [1.54, 1.807) is 36.4 Å². The van der Waals surface area contributed by atoms with Gasteiger partial charge in [-0.3, -0.25) is 8.98 Å². The highest BCUT2D eigenvalue weighted by molar-refractivity contribution is 7.86. The van der Waals surface area contributed by atoms with Gasteiger partial charge in [0.2, 0.25) is 0 Å². The molecule has 0 unspecified atom stereocenters. The standard InChI is InChI=1S/C17H18O4S/c1-12-3-6-15(7-4-12)22(19,20)21-16-8-5-13-11-14(18)9-10-17(13,16)2/h3-4,6-7,9-11,16H,5,8H2,1-2H3/t16-,17-/m0/s1. The van der Waals surface area contributed by atoms with Crippen molar-refractivity contribution in [3.05, 3.63) is 53.6 Å². The molecular formula is C17H18O4S. The Morgan fingerprint density at radius 1 is 1.23 bits per heavy atom. The lowest BCUT2D eigenvalue weighted by atomic mass is 9.79. The van der Waals surface area contributed by atoms with E-state index in [9.17, 15) is 13.2 Å². The summed E-state index contributed by atoms with van der Waals surface area (Å²) in [5, 5.41) is 0. The Kier molecular flexibility index (Phi) is 3.57. The summed E-state index contributed by atoms with van der Waals surface area (Å²) in [6.07, 6.45) is 5.65. The largest absolute Gasteiger partial charge is 0.297 e. The first-order chi connectivity index (χ1) is 10.3. The average Bonchev–Trinajstić information content (AvgIpc) is 2.76. The molecule has 1 aromatic carbocycles. The van der Waals surface area contributed by atoms with E-state index in [4.69, 9.17) is 4.18 Å². The summed E-state index contributed by atoms with van der Waals surface area (Å²) < 4.78 is 30.4. The molecule has 0 amide bonds. The molecule has 22 heavy (non-hydrogen) atoms. The second-order valence-corrected chi connectivity index (χ2v) is 7.65. The van der Waals surface area contributed by atoms with E-state index in [1.807, 2.05) is 13.8 Å². The minimum Gasteiger partial charge on any atom is -0.290 e. The fourth-order valence-electron chi connectivity index (χ4n) is 3.04. The first kappa shape index (κ1) is 15.2. The minimum absolute atomic E-state index is 0.0467. The third-order valence-electron chi connectivity index (χ3n) is 4.50. The molecule has 0 heterocycles. The van der Waals surface area contributed by atoms with Crippen LogP contribution in [0.15, 0.2) is 53.0 Å². The molecule has 2 aliphatic carbocycles. The van der Waals surface area contributed by atoms with Crippen LogP contribution in [0.1, 0.15) is 25.3 Å². The number of benzene rings is 1. The Labute approximate surface area is 130 Å². The monoisotopic (exact) mass is 318 g/mol. The zero-order valence-corrected chi connectivity index (χ0v) is 13.4. The topological polar surface area (TPSA) is 60.4 Å². The minimum atomic E-state index is -3.81. The second-order valence-electron chi connectivity index (χ2n) is 6.08. The van der Waals surface area contributed by atoms with Gasteiger partial charge in [-0.15, -0.1) is 0 Å². The van der Waals surface area contributed by atoms with Gasteiger partial charge in [0.15, 0.2) is 5.78 Å². The molecule has 1 saturated carbocycles. The maximum atomic E-state index is 12.4. The van der Waals surface area contributed by atoms with Gasteiger partial charge in [0.1, 0.15) is 0 Å². The van der Waals surface area contributed by atoms with Crippen molar-refractivity contribution in [2.24, 2.45) is 5.41 Å². The SMILES string of the molecule is Cc1ccc(S(=O)(=O)O[C@H]2CCC3=CC(=O)C=C[C@@]32C)cc1. The molecule has 0 N–H and O–H groups in total. The average molecular weight is 318 g/mol. The van der Waals surface area contributed by atoms with Gasteiger partial charge < -0.3 is 0 Å². The molecule has 0 aromatic heterocycles. The van der Waals surface area contributed by atoms with Gasteiger partial charge >= 0.3 is 0 Å². The summed E-state index contributed by atoms with van der Waals surface area (Å²) in [7, 11) is -3.81. The predicted octanol–water partition coefficient (Wildman–Crippen LogP) is 2.93. The van der Waals surface area contributed by atoms with Crippen molar-refractivity contribution in [1.82, 2.24) is 0 Å². The molecule has 5 heteroatoms. The van der Waals surface area contributed by atoms with Crippen molar-refractivity contribution in [2.75, 3.05) is 0 Å². The number of carbonyl (C=O) groups is 1. The van der Waals surface area contributed by atoms with Gasteiger partial charge in [0.05, 0.1) is 11.0 Å². The third kappa shape index (κ3) is 2.55. The molecular weight excluding hydrogens is 300 g/mol. The van der Waals surface area contributed by atoms with Crippen molar-refractivity contribution in [3.8, 4) is 0 Å². The molecule has 1 aromatic rings. The molecule has 2 atom stereocenters. The van der Waals surface area contributed by atoms with E-state index in [0.29, 0.717) is 12.8 Å². The maximum absolute atomic E-state index is 12.4. The highest BCUT2D eigenvalue weighted by Gasteiger charge is 2.45. The molecule has 0 spiro atoms. The highest BCUT2D eigenvalue weighted by Crippen LogP contribution is 2.48. The van der Waals surface area contributed by atoms with Gasteiger partial charge in [-0.25, -0.2) is 0 Å². The Bertz CT molecular complexity index is 771. The van der Waals surface area contributed by atoms with Crippen LogP contribution in [-0.4, -0.2) is 20.3 Å². The van der Waals surface area contributed by atoms with Crippen LogP contribution in [0.3, 0.4) is 0 Å². The summed E-state index contributed by atoms with van der Waals surface area (Å²) in [5.41, 5.74) is 1.42. The second kappa shape index (κ2) is 5.18. The number of carbonyl (C=O) groups excluding carboxylic acids is 1. The van der Waals surface area contributed by atoms with Gasteiger partial charge in [0.25, 0.3) is 10.1 Å². The molecule has 1 fully saturated rings. The van der Waals surface area contributed by atoms with Crippen LogP contribution < -0.4 is 0 Å². The Hall–Kier alpha value is -1.72. The normalized spacial score (nSPS) is 27.6. The zero-order valence-electron chi connectivity index (χ0n) is 12.6. The molecule has 4 nitrogen and oxygen atoms in total. The van der Waals surface area contributed by atoms with E-state index in [-0.39, 0.29) is 10.7 Å². The van der Waals surface area contributed by atoms with Crippen molar-refractivity contribution in [2.45, 2.75) is 37.7 Å². The Morgan fingerprint density at radius 3 is 2.59 bits per heavy atom. The zero-order chi connectivity index (χ0) is 16.0. The van der Waals surface area contributed by atoms with E-state index >= 15 is 0 Å². The predicted molar refractivity (Wildman–Crippen MR) is 82.8 cm³/mol. The summed E-state index contributed by atoms with van der Waals surface area (Å²) in [6.45, 7) is 3.82. The van der Waals surface area contributed by atoms with Crippen LogP contribution in [0.2, 0.25) is 0 Å². The fraction of sp³-hybridized carbons (Fsp3) is 0.353. The van der Waals surface area contributed by atoms with E-state index in [2.05, 4.69) is 0 Å². The number of allylic oxidation sites excluding steroid dienone is 2. The lowest BCUT2D eigenvalue weighted by Crippen LogP contribution is -2.32. The number of rotatable bonds is 3. The number of aryl methyl sites for hydroxylation is 1. The van der Waals surface area contributed by atoms with Crippen molar-refractivity contribution >= 4 is 15.9 Å². The lowest BCUT2D eigenvalue weighted by molar-refractivity contribution is -0.110. The maximum Gasteiger partial charge on any atom is 0.297 e. The molecule has 116 valence electrons. The van der Waals surface area contributed by atoms with Crippen molar-refractivity contribution in [1.29, 1.82) is 0 Å². The number of hydrogen-bond acceptors (Lipinski definition) is 4. The van der Waals surface area contributed by atoms with Crippen LogP contribution in [-0.2, 0) is 19.1 Å². The first-order valence-corrected chi connectivity index (χ1v) is 8.66. The van der Waals surface area contributed by atoms with Crippen molar-refractivity contribution in [3.63, 3.8) is 0 Å². The Balaban J connectivity index is 1.87. The first-order valence-electron chi connectivity index (χ1n) is 7.25. The number of ketones is 1. The summed E-state index contributed by atoms with van der Waals surface area (Å²) >= 11 is 0. The van der Waals surface area contributed by atoms with Crippen LogP contribution in [0.5, 0.6) is 0 Å². The molecule has 2 aliphatic rings. The van der Waals surface area contributed by atoms with E-state index < -0.39 is 21.6 Å². The molecule has 0 saturated heterocycles. The fourth-order valence-corrected chi connectivity index (χ4v) is 4.22. The van der Waals surface area contributed by atoms with Crippen LogP contribution in [0.25, 0.3) is 0 Å². The van der Waals surface area contributed by atoms with E-state index in [0.717, 1.165) is 11.1 Å². The molecule has 0 radical (unpaired) electrons. The van der Waals surface area contributed by atoms with Gasteiger partial charge in [-0.1, -0.05) is 29.3 Å². The Morgan fingerprint density at radius 2 is 1.91 bits per heavy atom. The smallest absolute Gasteiger partial charge is 0.290 e. The molecule has 0 bridgehead atoms. The van der Waals surface area contributed by atoms with E-state index in [1.165, 1.54) is 6.08 Å². The van der Waals surface area contributed by atoms with Crippen LogP contribution in [0.4, 0.5) is 0 Å². The van der Waals surface area contributed by atoms with Gasteiger partial charge in [-0.05, 0) is 51.0 Å². The molecule has 0 aliphatic heterocycles. The van der Waals surface area contributed by atoms with Gasteiger partial charge in [0, 0.05) is 5.41 Å². The van der Waals surface area contributed by atoms with Crippen molar-refractivity contribution < 1.29 is 17.4 Å². The number of fused-ring (bicyclic) bond motifs is 1. The quantitative estimate of drug-likeness (QED) is 0.804.